The third-order valence-electron chi connectivity index (χ3n) is 16.5. The molecule has 8 heteroatoms. The Morgan fingerprint density at radius 1 is 0.329 bits per heavy atom. The highest BCUT2D eigenvalue weighted by Crippen LogP contribution is 2.43. The topological polar surface area (TPSA) is 77.3 Å². The van der Waals surface area contributed by atoms with Crippen LogP contribution in [0.5, 0.6) is 0 Å². The molecule has 5 aromatic heterocycles. The minimum absolute atomic E-state index is 0.356. The predicted octanol–water partition coefficient (Wildman–Crippen LogP) is 14.7. The van der Waals surface area contributed by atoms with E-state index < -0.39 is 16.1 Å². The van der Waals surface area contributed by atoms with Gasteiger partial charge in [-0.05, 0) is 151 Å². The van der Waals surface area contributed by atoms with Gasteiger partial charge in [0.05, 0.1) is 11.4 Å². The number of hydrogen-bond donors (Lipinski definition) is 0. The van der Waals surface area contributed by atoms with E-state index in [1.165, 1.54) is 43.0 Å². The molecular formula is C71H66N6Si2. The third kappa shape index (κ3) is 10.3. The standard InChI is InChI=1S/C71H66N6Si2/c1-49-76-66(54-40-50(60-30-34-72-45-64(60)70(2,3)56-22-14-10-15-23-56)38-52(42-54)62-32-36-74-47-68(62)78(6,7)58-26-18-12-19-27-58)44-67(77-49)55-41-51(61-31-35-73-46-65(61)71(4,5)57-24-16-11-17-25-57)39-53(43-55)63-33-37-75-48-69(63)79(8,9)59-28-20-13-21-29-59/h10-48H,1-9H3. The first-order valence-corrected chi connectivity index (χ1v) is 33.3. The van der Waals surface area contributed by atoms with Gasteiger partial charge in [0, 0.05) is 71.5 Å². The maximum absolute atomic E-state index is 5.32. The first kappa shape index (κ1) is 52.5. The van der Waals surface area contributed by atoms with Crippen molar-refractivity contribution in [3.05, 3.63) is 266 Å². The van der Waals surface area contributed by atoms with Crippen LogP contribution in [0.4, 0.5) is 0 Å². The van der Waals surface area contributed by atoms with Crippen molar-refractivity contribution in [1.29, 1.82) is 0 Å². The zero-order chi connectivity index (χ0) is 54.9. The largest absolute Gasteiger partial charge is 0.265 e. The smallest absolute Gasteiger partial charge is 0.126 e. The average molecular weight is 1060 g/mol. The van der Waals surface area contributed by atoms with E-state index >= 15 is 0 Å². The minimum atomic E-state index is -2.26. The summed E-state index contributed by atoms with van der Waals surface area (Å²) in [5.74, 6) is 0.681. The molecule has 0 radical (unpaired) electrons. The van der Waals surface area contributed by atoms with Gasteiger partial charge >= 0.3 is 0 Å². The Morgan fingerprint density at radius 3 is 1.00 bits per heavy atom. The predicted molar refractivity (Wildman–Crippen MR) is 334 cm³/mol. The molecular weight excluding hydrogens is 993 g/mol. The van der Waals surface area contributed by atoms with E-state index in [0.717, 1.165) is 67.0 Å². The molecule has 0 saturated heterocycles. The Bertz CT molecular complexity index is 3490. The summed E-state index contributed by atoms with van der Waals surface area (Å²) in [7, 11) is -4.53. The van der Waals surface area contributed by atoms with Crippen molar-refractivity contribution >= 4 is 36.9 Å². The Hall–Kier alpha value is -8.57. The van der Waals surface area contributed by atoms with Crippen LogP contribution in [0.15, 0.2) is 238 Å². The van der Waals surface area contributed by atoms with Crippen LogP contribution >= 0.6 is 0 Å². The van der Waals surface area contributed by atoms with Crippen LogP contribution in [0.2, 0.25) is 26.2 Å². The third-order valence-corrected chi connectivity index (χ3v) is 23.5. The van der Waals surface area contributed by atoms with Gasteiger partial charge in [0.2, 0.25) is 0 Å². The SMILES string of the molecule is Cc1nc(-c2cc(-c3ccncc3C(C)(C)c3ccccc3)cc(-c3ccncc3[Si](C)(C)c3ccccc3)c2)cc(-c2cc(-c3ccncc3C(C)(C)c3ccccc3)cc(-c3ccncc3[Si](C)(C)c3ccccc3)c2)n1. The van der Waals surface area contributed by atoms with E-state index in [2.05, 4.69) is 254 Å². The van der Waals surface area contributed by atoms with E-state index in [9.17, 15) is 0 Å². The van der Waals surface area contributed by atoms with Gasteiger partial charge in [0.1, 0.15) is 22.0 Å². The van der Waals surface area contributed by atoms with Crippen molar-refractivity contribution in [3.63, 3.8) is 0 Å². The van der Waals surface area contributed by atoms with E-state index in [1.54, 1.807) is 0 Å². The summed E-state index contributed by atoms with van der Waals surface area (Å²) in [4.78, 5) is 29.7. The summed E-state index contributed by atoms with van der Waals surface area (Å²) in [6, 6.07) is 68.3. The Kier molecular flexibility index (Phi) is 14.2. The second-order valence-corrected chi connectivity index (χ2v) is 31.7. The van der Waals surface area contributed by atoms with Crippen LogP contribution in [0.3, 0.4) is 0 Å². The van der Waals surface area contributed by atoms with Crippen molar-refractivity contribution in [1.82, 2.24) is 29.9 Å². The second-order valence-electron chi connectivity index (χ2n) is 22.9. The first-order valence-electron chi connectivity index (χ1n) is 27.3. The van der Waals surface area contributed by atoms with E-state index in [1.807, 2.05) is 44.1 Å². The highest BCUT2D eigenvalue weighted by Gasteiger charge is 2.33. The van der Waals surface area contributed by atoms with Gasteiger partial charge in [0.15, 0.2) is 0 Å². The second kappa shape index (κ2) is 21.3. The number of pyridine rings is 4. The van der Waals surface area contributed by atoms with Gasteiger partial charge in [-0.15, -0.1) is 0 Å². The van der Waals surface area contributed by atoms with E-state index in [4.69, 9.17) is 29.9 Å². The maximum atomic E-state index is 5.32. The lowest BCUT2D eigenvalue weighted by molar-refractivity contribution is 0.639. The summed E-state index contributed by atoms with van der Waals surface area (Å²) >= 11 is 0. The monoisotopic (exact) mass is 1060 g/mol. The normalized spacial score (nSPS) is 12.1. The lowest BCUT2D eigenvalue weighted by Crippen LogP contribution is -2.53. The number of nitrogens with zero attached hydrogens (tertiary/aromatic N) is 6. The summed E-state index contributed by atoms with van der Waals surface area (Å²) in [5.41, 5.74) is 16.6. The van der Waals surface area contributed by atoms with E-state index in [-0.39, 0.29) is 10.8 Å². The summed E-state index contributed by atoms with van der Waals surface area (Å²) < 4.78 is 0. The van der Waals surface area contributed by atoms with Crippen LogP contribution in [0.25, 0.3) is 67.0 Å². The highest BCUT2D eigenvalue weighted by atomic mass is 28.3. The van der Waals surface area contributed by atoms with Crippen LogP contribution < -0.4 is 20.7 Å². The van der Waals surface area contributed by atoms with Crippen LogP contribution in [-0.2, 0) is 10.8 Å². The van der Waals surface area contributed by atoms with Crippen molar-refractivity contribution in [2.24, 2.45) is 0 Å². The van der Waals surface area contributed by atoms with Crippen molar-refractivity contribution in [2.75, 3.05) is 0 Å². The molecule has 0 N–H and O–H groups in total. The summed E-state index contributed by atoms with van der Waals surface area (Å²) in [5, 5.41) is 5.25. The fourth-order valence-corrected chi connectivity index (χ4v) is 16.9. The molecule has 11 aromatic rings. The molecule has 0 atom stereocenters. The highest BCUT2D eigenvalue weighted by molar-refractivity contribution is 7.01. The van der Waals surface area contributed by atoms with Gasteiger partial charge < -0.3 is 0 Å². The van der Waals surface area contributed by atoms with Gasteiger partial charge in [-0.25, -0.2) is 9.97 Å². The molecule has 0 aliphatic carbocycles. The lowest BCUT2D eigenvalue weighted by atomic mass is 9.75. The zero-order valence-corrected chi connectivity index (χ0v) is 48.7. The van der Waals surface area contributed by atoms with Crippen molar-refractivity contribution < 1.29 is 0 Å². The maximum Gasteiger partial charge on any atom is 0.126 e. The Morgan fingerprint density at radius 2 is 0.633 bits per heavy atom. The molecule has 79 heavy (non-hydrogen) atoms. The molecule has 6 nitrogen and oxygen atoms in total. The Labute approximate surface area is 468 Å². The molecule has 0 saturated carbocycles. The molecule has 5 heterocycles. The molecule has 0 fully saturated rings. The zero-order valence-electron chi connectivity index (χ0n) is 46.7. The van der Waals surface area contributed by atoms with Gasteiger partial charge in [-0.2, -0.15) is 0 Å². The van der Waals surface area contributed by atoms with Crippen LogP contribution in [0, 0.1) is 6.92 Å². The molecule has 388 valence electrons. The van der Waals surface area contributed by atoms with Crippen molar-refractivity contribution in [3.8, 4) is 67.0 Å². The van der Waals surface area contributed by atoms with Gasteiger partial charge in [-0.3, -0.25) is 19.9 Å². The first-order chi connectivity index (χ1) is 38.1. The molecule has 0 bridgehead atoms. The van der Waals surface area contributed by atoms with Crippen molar-refractivity contribution in [2.45, 2.75) is 71.6 Å². The van der Waals surface area contributed by atoms with Gasteiger partial charge in [-0.1, -0.05) is 186 Å². The minimum Gasteiger partial charge on any atom is -0.265 e. The van der Waals surface area contributed by atoms with E-state index in [0.29, 0.717) is 5.82 Å². The molecule has 6 aromatic carbocycles. The number of aromatic nitrogens is 6. The average Bonchev–Trinajstić information content (AvgIpc) is 3.55. The fraction of sp³-hybridized carbons (Fsp3) is 0.155. The fourth-order valence-electron chi connectivity index (χ4n) is 11.7. The number of aryl methyl sites for hydroxylation is 1. The molecule has 0 unspecified atom stereocenters. The van der Waals surface area contributed by atoms with Crippen LogP contribution in [0.1, 0.15) is 55.8 Å². The summed E-state index contributed by atoms with van der Waals surface area (Å²) in [6.07, 6.45) is 16.0. The number of benzene rings is 6. The molecule has 0 spiro atoms. The number of rotatable bonds is 14. The van der Waals surface area contributed by atoms with Gasteiger partial charge in [0.25, 0.3) is 0 Å². The van der Waals surface area contributed by atoms with Crippen LogP contribution in [-0.4, -0.2) is 46.1 Å². The Balaban J connectivity index is 1.14. The summed E-state index contributed by atoms with van der Waals surface area (Å²) in [6.45, 7) is 20.9. The molecule has 0 amide bonds. The molecule has 11 rings (SSSR count). The lowest BCUT2D eigenvalue weighted by Gasteiger charge is -2.29. The quantitative estimate of drug-likeness (QED) is 0.101. The number of hydrogen-bond acceptors (Lipinski definition) is 6. The molecule has 0 aliphatic rings. The molecule has 0 aliphatic heterocycles.